The lowest BCUT2D eigenvalue weighted by Crippen LogP contribution is -2.57. The van der Waals surface area contributed by atoms with Gasteiger partial charge in [0.2, 0.25) is 10.0 Å². The van der Waals surface area contributed by atoms with Crippen LogP contribution in [0, 0.1) is 11.7 Å². The molecule has 0 aromatic heterocycles. The van der Waals surface area contributed by atoms with E-state index in [0.29, 0.717) is 6.42 Å². The van der Waals surface area contributed by atoms with Crippen molar-refractivity contribution in [3.63, 3.8) is 0 Å². The number of carbonyl (C=O) groups is 3. The number of urea groups is 1. The first-order valence-electron chi connectivity index (χ1n) is 12.0. The molecule has 2 atom stereocenters. The first-order chi connectivity index (χ1) is 16.6. The molecule has 2 aliphatic rings. The van der Waals surface area contributed by atoms with Crippen LogP contribution in [0.2, 0.25) is 0 Å². The van der Waals surface area contributed by atoms with Gasteiger partial charge in [-0.05, 0) is 43.4 Å². The largest absolute Gasteiger partial charge is 0.481 e. The van der Waals surface area contributed by atoms with Gasteiger partial charge in [0.05, 0.1) is 12.2 Å². The summed E-state index contributed by atoms with van der Waals surface area (Å²) in [6, 6.07) is 3.79. The summed E-state index contributed by atoms with van der Waals surface area (Å²) in [6.45, 7) is 1.57. The lowest BCUT2D eigenvalue weighted by Gasteiger charge is -2.34. The van der Waals surface area contributed by atoms with Crippen LogP contribution in [0.25, 0.3) is 0 Å². The van der Waals surface area contributed by atoms with Gasteiger partial charge >= 0.3 is 12.0 Å². The molecule has 3 amide bonds. The van der Waals surface area contributed by atoms with E-state index in [4.69, 9.17) is 0 Å². The number of benzene rings is 1. The third-order valence-electron chi connectivity index (χ3n) is 6.46. The molecule has 1 heterocycles. The Morgan fingerprint density at radius 1 is 1.17 bits per heavy atom. The number of carboxylic acids is 1. The normalized spacial score (nSPS) is 20.4. The maximum atomic E-state index is 13.6. The van der Waals surface area contributed by atoms with E-state index in [1.165, 1.54) is 18.2 Å². The Hall–Kier alpha value is -2.73. The Labute approximate surface area is 204 Å². The van der Waals surface area contributed by atoms with Gasteiger partial charge in [0.15, 0.2) is 6.17 Å². The Balaban J connectivity index is 1.86. The molecular formula is C23H33FN4O6S. The van der Waals surface area contributed by atoms with Crippen LogP contribution in [0.15, 0.2) is 24.3 Å². The van der Waals surface area contributed by atoms with E-state index in [-0.39, 0.29) is 36.9 Å². The van der Waals surface area contributed by atoms with Gasteiger partial charge in [0.1, 0.15) is 5.82 Å². The van der Waals surface area contributed by atoms with Crippen molar-refractivity contribution in [3.8, 4) is 0 Å². The number of nitrogens with zero attached hydrogens (tertiary/aromatic N) is 2. The van der Waals surface area contributed by atoms with Crippen molar-refractivity contribution in [1.82, 2.24) is 14.5 Å². The van der Waals surface area contributed by atoms with Gasteiger partial charge in [-0.25, -0.2) is 17.6 Å². The van der Waals surface area contributed by atoms with Crippen LogP contribution in [0.5, 0.6) is 0 Å². The van der Waals surface area contributed by atoms with Crippen molar-refractivity contribution >= 4 is 33.6 Å². The van der Waals surface area contributed by atoms with E-state index in [0.717, 1.165) is 47.4 Å². The molecular weight excluding hydrogens is 479 g/mol. The number of hydrogen-bond acceptors (Lipinski definition) is 5. The summed E-state index contributed by atoms with van der Waals surface area (Å²) in [6.07, 6.45) is 3.00. The van der Waals surface area contributed by atoms with Crippen molar-refractivity contribution in [2.24, 2.45) is 5.92 Å². The van der Waals surface area contributed by atoms with Crippen LogP contribution in [-0.2, 0) is 19.6 Å². The molecule has 0 spiro atoms. The summed E-state index contributed by atoms with van der Waals surface area (Å²) in [7, 11) is -3.86. The molecule has 1 aromatic carbocycles. The number of carbonyl (C=O) groups excluding carboxylic acids is 2. The van der Waals surface area contributed by atoms with Crippen molar-refractivity contribution < 1.29 is 32.3 Å². The molecule has 3 rings (SSSR count). The van der Waals surface area contributed by atoms with E-state index in [1.807, 2.05) is 0 Å². The summed E-state index contributed by atoms with van der Waals surface area (Å²) in [5, 5.41) is 14.7. The van der Waals surface area contributed by atoms with E-state index < -0.39 is 46.0 Å². The average molecular weight is 513 g/mol. The second-order valence-electron chi connectivity index (χ2n) is 9.05. The highest BCUT2D eigenvalue weighted by atomic mass is 32.2. The van der Waals surface area contributed by atoms with Crippen molar-refractivity contribution in [2.75, 3.05) is 24.2 Å². The van der Waals surface area contributed by atoms with Crippen molar-refractivity contribution in [1.29, 1.82) is 0 Å². The molecule has 1 aromatic rings. The first-order valence-corrected chi connectivity index (χ1v) is 13.6. The van der Waals surface area contributed by atoms with Crippen LogP contribution < -0.4 is 10.6 Å². The number of aliphatic carboxylic acids is 1. The SMILES string of the molecule is CCCS(=O)(=O)N1CCN(C(=O)Nc2cccc(F)c2)C1C(=O)NC(CC(=O)O)C1CCCCC1. The fraction of sp³-hybridized carbons (Fsp3) is 0.609. The predicted octanol–water partition coefficient (Wildman–Crippen LogP) is 2.58. The molecule has 194 valence electrons. The quantitative estimate of drug-likeness (QED) is 0.465. The molecule has 0 bridgehead atoms. The zero-order valence-corrected chi connectivity index (χ0v) is 20.6. The fourth-order valence-corrected chi connectivity index (χ4v) is 6.46. The highest BCUT2D eigenvalue weighted by molar-refractivity contribution is 7.89. The summed E-state index contributed by atoms with van der Waals surface area (Å²) in [5.41, 5.74) is 0.162. The minimum absolute atomic E-state index is 0.0412. The topological polar surface area (TPSA) is 136 Å². The maximum absolute atomic E-state index is 13.6. The fourth-order valence-electron chi connectivity index (χ4n) is 4.84. The number of rotatable bonds is 9. The number of anilines is 1. The van der Waals surface area contributed by atoms with Crippen LogP contribution in [-0.4, -0.2) is 71.7 Å². The molecule has 35 heavy (non-hydrogen) atoms. The lowest BCUT2D eigenvalue weighted by atomic mass is 9.82. The van der Waals surface area contributed by atoms with Crippen LogP contribution >= 0.6 is 0 Å². The molecule has 1 saturated heterocycles. The van der Waals surface area contributed by atoms with Crippen LogP contribution in [0.3, 0.4) is 0 Å². The van der Waals surface area contributed by atoms with Gasteiger partial charge in [0.25, 0.3) is 5.91 Å². The predicted molar refractivity (Wildman–Crippen MR) is 127 cm³/mol. The second-order valence-corrected chi connectivity index (χ2v) is 11.1. The van der Waals surface area contributed by atoms with Gasteiger partial charge in [0, 0.05) is 24.8 Å². The average Bonchev–Trinajstić information content (AvgIpc) is 3.26. The van der Waals surface area contributed by atoms with Crippen molar-refractivity contribution in [3.05, 3.63) is 30.1 Å². The minimum atomic E-state index is -3.86. The Bertz CT molecular complexity index is 1030. The van der Waals surface area contributed by atoms with Crippen LogP contribution in [0.4, 0.5) is 14.9 Å². The number of amides is 3. The summed E-state index contributed by atoms with van der Waals surface area (Å²) in [5.74, 6) is -2.61. The van der Waals surface area contributed by atoms with Gasteiger partial charge in [-0.3, -0.25) is 14.5 Å². The molecule has 1 aliphatic carbocycles. The second kappa shape index (κ2) is 11.8. The molecule has 2 fully saturated rings. The number of sulfonamides is 1. The Morgan fingerprint density at radius 3 is 2.51 bits per heavy atom. The zero-order valence-electron chi connectivity index (χ0n) is 19.8. The van der Waals surface area contributed by atoms with E-state index in [9.17, 15) is 32.3 Å². The summed E-state index contributed by atoms with van der Waals surface area (Å²) in [4.78, 5) is 39.1. The zero-order chi connectivity index (χ0) is 25.6. The molecule has 3 N–H and O–H groups in total. The third kappa shape index (κ3) is 6.91. The molecule has 1 aliphatic heterocycles. The van der Waals surface area contributed by atoms with E-state index in [2.05, 4.69) is 10.6 Å². The number of carboxylic acid groups (broad SMARTS) is 1. The molecule has 2 unspecified atom stereocenters. The lowest BCUT2D eigenvalue weighted by molar-refractivity contribution is -0.138. The minimum Gasteiger partial charge on any atom is -0.481 e. The third-order valence-corrected chi connectivity index (χ3v) is 8.48. The van der Waals surface area contributed by atoms with Gasteiger partial charge in [-0.15, -0.1) is 0 Å². The maximum Gasteiger partial charge on any atom is 0.323 e. The Kier molecular flexibility index (Phi) is 9.06. The van der Waals surface area contributed by atoms with Gasteiger partial charge in [-0.1, -0.05) is 32.3 Å². The van der Waals surface area contributed by atoms with E-state index in [1.54, 1.807) is 6.92 Å². The monoisotopic (exact) mass is 512 g/mol. The number of halogens is 1. The van der Waals surface area contributed by atoms with Gasteiger partial charge in [-0.2, -0.15) is 4.31 Å². The van der Waals surface area contributed by atoms with E-state index >= 15 is 0 Å². The molecule has 0 radical (unpaired) electrons. The van der Waals surface area contributed by atoms with Crippen molar-refractivity contribution in [2.45, 2.75) is 64.1 Å². The van der Waals surface area contributed by atoms with Crippen LogP contribution in [0.1, 0.15) is 51.9 Å². The number of hydrogen-bond donors (Lipinski definition) is 3. The first kappa shape index (κ1) is 26.9. The molecule has 10 nitrogen and oxygen atoms in total. The number of nitrogens with one attached hydrogen (secondary N) is 2. The standard InChI is InChI=1S/C23H33FN4O6S/c1-2-13-35(33,34)28-12-11-27(23(32)25-18-10-6-9-17(24)14-18)22(28)21(31)26-19(15-20(29)30)16-7-4-3-5-8-16/h6,9-10,14,16,19,22H,2-5,7-8,11-13,15H2,1H3,(H,25,32)(H,26,31)(H,29,30). The Morgan fingerprint density at radius 2 is 1.89 bits per heavy atom. The molecule has 1 saturated carbocycles. The highest BCUT2D eigenvalue weighted by Gasteiger charge is 2.46. The summed E-state index contributed by atoms with van der Waals surface area (Å²) >= 11 is 0. The summed E-state index contributed by atoms with van der Waals surface area (Å²) < 4.78 is 40.4. The highest BCUT2D eigenvalue weighted by Crippen LogP contribution is 2.29. The smallest absolute Gasteiger partial charge is 0.323 e. The van der Waals surface area contributed by atoms with Gasteiger partial charge < -0.3 is 15.7 Å². The molecule has 12 heteroatoms.